The number of aliphatic hydroxyl groups is 3. The number of aliphatic hydroxyl groups excluding tert-OH is 2. The summed E-state index contributed by atoms with van der Waals surface area (Å²) >= 11 is 0. The molecule has 220 valence electrons. The lowest BCUT2D eigenvalue weighted by molar-refractivity contribution is -0.320. The predicted molar refractivity (Wildman–Crippen MR) is 135 cm³/mol. The van der Waals surface area contributed by atoms with Gasteiger partial charge < -0.3 is 53.6 Å². The Labute approximate surface area is 234 Å². The Bertz CT molecular complexity index is 1380. The monoisotopic (exact) mass is 574 g/mol. The third-order valence-corrected chi connectivity index (χ3v) is 8.11. The van der Waals surface area contributed by atoms with Crippen molar-refractivity contribution in [3.05, 3.63) is 41.0 Å². The highest BCUT2D eigenvalue weighted by Gasteiger charge is 2.57. The van der Waals surface area contributed by atoms with Crippen LogP contribution in [-0.2, 0) is 25.5 Å². The van der Waals surface area contributed by atoms with Gasteiger partial charge >= 0.3 is 11.9 Å². The van der Waals surface area contributed by atoms with E-state index in [0.717, 1.165) is 11.1 Å². The summed E-state index contributed by atoms with van der Waals surface area (Å²) < 4.78 is 40.2. The molecule has 7 unspecified atom stereocenters. The first-order valence-corrected chi connectivity index (χ1v) is 13.1. The minimum atomic E-state index is -1.99. The molecular formula is C28H30O13. The van der Waals surface area contributed by atoms with Crippen LogP contribution in [0.1, 0.15) is 41.6 Å². The van der Waals surface area contributed by atoms with Gasteiger partial charge in [0, 0.05) is 17.2 Å². The second-order valence-electron chi connectivity index (χ2n) is 10.5. The maximum atomic E-state index is 11.7. The lowest BCUT2D eigenvalue weighted by Gasteiger charge is -2.46. The number of hydrogen-bond acceptors (Lipinski definition) is 12. The first-order chi connectivity index (χ1) is 19.6. The van der Waals surface area contributed by atoms with Crippen LogP contribution in [0.2, 0.25) is 0 Å². The topological polar surface area (TPSA) is 180 Å². The minimum Gasteiger partial charge on any atom is -0.493 e. The van der Waals surface area contributed by atoms with Crippen LogP contribution in [0.4, 0.5) is 0 Å². The molecule has 13 nitrogen and oxygen atoms in total. The van der Waals surface area contributed by atoms with E-state index in [1.54, 1.807) is 20.3 Å². The number of carboxylic acids is 1. The van der Waals surface area contributed by atoms with Gasteiger partial charge in [-0.2, -0.15) is 0 Å². The lowest BCUT2D eigenvalue weighted by atomic mass is 9.82. The zero-order valence-electron chi connectivity index (χ0n) is 22.3. The maximum Gasteiger partial charge on any atom is 0.317 e. The molecule has 0 spiro atoms. The van der Waals surface area contributed by atoms with E-state index in [1.807, 2.05) is 18.2 Å². The molecule has 0 bridgehead atoms. The fourth-order valence-corrected chi connectivity index (χ4v) is 5.94. The number of hydrogen-bond donors (Lipinski definition) is 4. The van der Waals surface area contributed by atoms with Gasteiger partial charge in [0.05, 0.1) is 26.7 Å². The number of carbonyl (C=O) groups excluding carboxylic acids is 1. The molecule has 1 fully saturated rings. The molecule has 0 aliphatic carbocycles. The largest absolute Gasteiger partial charge is 0.493 e. The number of carboxylic acid groups (broad SMARTS) is 1. The van der Waals surface area contributed by atoms with Crippen molar-refractivity contribution in [2.75, 3.05) is 27.4 Å². The van der Waals surface area contributed by atoms with Gasteiger partial charge in [-0.3, -0.25) is 9.59 Å². The molecule has 7 atom stereocenters. The molecule has 13 heteroatoms. The highest BCUT2D eigenvalue weighted by atomic mass is 16.7. The number of benzene rings is 2. The zero-order valence-corrected chi connectivity index (χ0v) is 22.3. The Balaban J connectivity index is 1.26. The fraction of sp³-hybridized carbons (Fsp3) is 0.500. The van der Waals surface area contributed by atoms with Gasteiger partial charge in [0.1, 0.15) is 48.9 Å². The molecular weight excluding hydrogens is 544 g/mol. The quantitative estimate of drug-likeness (QED) is 0.282. The number of esters is 1. The van der Waals surface area contributed by atoms with Crippen LogP contribution >= 0.6 is 0 Å². The Morgan fingerprint density at radius 2 is 1.88 bits per heavy atom. The number of ether oxygens (including phenoxy) is 7. The SMILES string of the molecule is COc1ccc2c(c1OC)OC1c3cc4c(cc3OCC21)OC1OC(COC(=O)CC(=O)O)C(O)C(O)C1(O)CC4. The molecule has 2 aromatic carbocycles. The summed E-state index contributed by atoms with van der Waals surface area (Å²) in [6, 6.07) is 7.32. The summed E-state index contributed by atoms with van der Waals surface area (Å²) in [6.45, 7) is -0.215. The van der Waals surface area contributed by atoms with E-state index in [0.29, 0.717) is 40.9 Å². The van der Waals surface area contributed by atoms with Crippen LogP contribution in [0, 0.1) is 0 Å². The van der Waals surface area contributed by atoms with Crippen LogP contribution in [-0.4, -0.2) is 90.0 Å². The summed E-state index contributed by atoms with van der Waals surface area (Å²) in [5.41, 5.74) is 0.427. The Kier molecular flexibility index (Phi) is 6.85. The van der Waals surface area contributed by atoms with Crippen LogP contribution in [0.25, 0.3) is 0 Å². The number of fused-ring (bicyclic) bond motifs is 7. The summed E-state index contributed by atoms with van der Waals surface area (Å²) in [5, 5.41) is 41.7. The van der Waals surface area contributed by atoms with Crippen LogP contribution in [0.5, 0.6) is 28.7 Å². The average molecular weight is 575 g/mol. The highest BCUT2D eigenvalue weighted by molar-refractivity contribution is 5.90. The summed E-state index contributed by atoms with van der Waals surface area (Å²) in [5.74, 6) is -0.00542. The number of aryl methyl sites for hydroxylation is 1. The van der Waals surface area contributed by atoms with Crippen molar-refractivity contribution in [3.8, 4) is 28.7 Å². The van der Waals surface area contributed by atoms with Crippen molar-refractivity contribution in [1.29, 1.82) is 0 Å². The van der Waals surface area contributed by atoms with Crippen molar-refractivity contribution in [2.45, 2.75) is 61.5 Å². The second kappa shape index (κ2) is 10.2. The molecule has 6 rings (SSSR count). The van der Waals surface area contributed by atoms with Crippen LogP contribution < -0.4 is 23.7 Å². The van der Waals surface area contributed by atoms with Crippen LogP contribution in [0.3, 0.4) is 0 Å². The van der Waals surface area contributed by atoms with E-state index in [4.69, 9.17) is 38.3 Å². The van der Waals surface area contributed by atoms with Crippen molar-refractivity contribution >= 4 is 11.9 Å². The molecule has 4 aliphatic rings. The normalized spacial score (nSPS) is 30.9. The Morgan fingerprint density at radius 3 is 2.61 bits per heavy atom. The van der Waals surface area contributed by atoms with Gasteiger partial charge in [0.2, 0.25) is 12.0 Å². The number of aliphatic carboxylic acids is 1. The predicted octanol–water partition coefficient (Wildman–Crippen LogP) is 0.834. The maximum absolute atomic E-state index is 11.7. The smallest absolute Gasteiger partial charge is 0.317 e. The van der Waals surface area contributed by atoms with Gasteiger partial charge in [0.15, 0.2) is 17.1 Å². The first kappa shape index (κ1) is 27.4. The summed E-state index contributed by atoms with van der Waals surface area (Å²) in [4.78, 5) is 22.4. The summed E-state index contributed by atoms with van der Waals surface area (Å²) in [6.07, 6.45) is -7.04. The zero-order chi connectivity index (χ0) is 29.1. The summed E-state index contributed by atoms with van der Waals surface area (Å²) in [7, 11) is 3.10. The average Bonchev–Trinajstić information content (AvgIpc) is 3.27. The molecule has 1 saturated heterocycles. The fourth-order valence-electron chi connectivity index (χ4n) is 5.94. The molecule has 0 radical (unpaired) electrons. The third-order valence-electron chi connectivity index (χ3n) is 8.11. The molecule has 0 amide bonds. The first-order valence-electron chi connectivity index (χ1n) is 13.1. The molecule has 41 heavy (non-hydrogen) atoms. The molecule has 0 saturated carbocycles. The molecule has 2 aromatic rings. The highest BCUT2D eigenvalue weighted by Crippen LogP contribution is 2.57. The van der Waals surface area contributed by atoms with E-state index in [1.165, 1.54) is 0 Å². The molecule has 4 heterocycles. The van der Waals surface area contributed by atoms with Crippen molar-refractivity contribution in [3.63, 3.8) is 0 Å². The van der Waals surface area contributed by atoms with Crippen molar-refractivity contribution in [1.82, 2.24) is 0 Å². The number of carbonyl (C=O) groups is 2. The van der Waals surface area contributed by atoms with E-state index in [-0.39, 0.29) is 24.9 Å². The van der Waals surface area contributed by atoms with E-state index in [9.17, 15) is 24.9 Å². The van der Waals surface area contributed by atoms with Crippen LogP contribution in [0.15, 0.2) is 24.3 Å². The van der Waals surface area contributed by atoms with E-state index >= 15 is 0 Å². The molecule has 4 aliphatic heterocycles. The van der Waals surface area contributed by atoms with Crippen molar-refractivity contribution < 1.29 is 63.2 Å². The van der Waals surface area contributed by atoms with Gasteiger partial charge in [0.25, 0.3) is 0 Å². The van der Waals surface area contributed by atoms with Crippen molar-refractivity contribution in [2.24, 2.45) is 0 Å². The number of methoxy groups -OCH3 is 2. The Hall–Kier alpha value is -3.78. The molecule has 4 N–H and O–H groups in total. The Morgan fingerprint density at radius 1 is 1.07 bits per heavy atom. The second-order valence-corrected chi connectivity index (χ2v) is 10.5. The van der Waals surface area contributed by atoms with Gasteiger partial charge in [-0.15, -0.1) is 0 Å². The minimum absolute atomic E-state index is 0.0196. The number of rotatable bonds is 6. The van der Waals surface area contributed by atoms with E-state index in [2.05, 4.69) is 0 Å². The third kappa shape index (κ3) is 4.49. The molecule has 0 aromatic heterocycles. The van der Waals surface area contributed by atoms with E-state index < -0.39 is 55.2 Å². The lowest BCUT2D eigenvalue weighted by Crippen LogP contribution is -2.67. The van der Waals surface area contributed by atoms with Gasteiger partial charge in [-0.25, -0.2) is 0 Å². The van der Waals surface area contributed by atoms with Gasteiger partial charge in [-0.05, 0) is 30.5 Å². The van der Waals surface area contributed by atoms with Gasteiger partial charge in [-0.1, -0.05) is 6.07 Å². The standard InChI is InChI=1S/C28H30O13/c1-35-16-4-3-13-15-10-37-18-8-17-12(7-14(18)23(15)41-24(13)25(16)36-2)5-6-28(34)26(33)22(32)19(40-27(28)39-17)11-38-21(31)9-20(29)30/h3-4,7-8,15,19,22-23,26-27,32-34H,5-6,9-11H2,1-2H3,(H,29,30).